The lowest BCUT2D eigenvalue weighted by atomic mass is 9.78. The van der Waals surface area contributed by atoms with Crippen LogP contribution < -0.4 is 0 Å². The Bertz CT molecular complexity index is 406. The second kappa shape index (κ2) is 4.70. The van der Waals surface area contributed by atoms with Gasteiger partial charge in [-0.15, -0.1) is 0 Å². The fourth-order valence-electron chi connectivity index (χ4n) is 2.77. The van der Waals surface area contributed by atoms with Crippen molar-refractivity contribution in [3.8, 4) is 6.07 Å². The molecule has 0 spiro atoms. The molecule has 0 bridgehead atoms. The van der Waals surface area contributed by atoms with Gasteiger partial charge in [-0.2, -0.15) is 5.26 Å². The van der Waals surface area contributed by atoms with Crippen LogP contribution in [0.2, 0.25) is 0 Å². The van der Waals surface area contributed by atoms with Crippen molar-refractivity contribution in [1.82, 2.24) is 0 Å². The molecule has 1 nitrogen and oxygen atoms in total. The van der Waals surface area contributed by atoms with Crippen molar-refractivity contribution >= 4 is 0 Å². The minimum Gasteiger partial charge on any atom is -0.192 e. The van der Waals surface area contributed by atoms with Crippen LogP contribution in [0.5, 0.6) is 0 Å². The Morgan fingerprint density at radius 1 is 1.19 bits per heavy atom. The van der Waals surface area contributed by atoms with Crippen LogP contribution in [-0.2, 0) is 0 Å². The fourth-order valence-corrected chi connectivity index (χ4v) is 2.77. The summed E-state index contributed by atoms with van der Waals surface area (Å²) in [6, 6.07) is 8.35. The van der Waals surface area contributed by atoms with Gasteiger partial charge in [-0.25, -0.2) is 0 Å². The Kier molecular flexibility index (Phi) is 3.29. The molecule has 1 heteroatoms. The predicted octanol–water partition coefficient (Wildman–Crippen LogP) is 4.16. The Morgan fingerprint density at radius 3 is 2.44 bits per heavy atom. The van der Waals surface area contributed by atoms with Crippen LogP contribution in [0.3, 0.4) is 0 Å². The summed E-state index contributed by atoms with van der Waals surface area (Å²) in [5, 5.41) is 8.85. The molecular formula is C15H19N. The van der Waals surface area contributed by atoms with E-state index in [1.165, 1.54) is 36.8 Å². The Morgan fingerprint density at radius 2 is 1.88 bits per heavy atom. The van der Waals surface area contributed by atoms with Crippen LogP contribution in [-0.4, -0.2) is 0 Å². The van der Waals surface area contributed by atoms with Crippen LogP contribution in [0.4, 0.5) is 0 Å². The maximum Gasteiger partial charge on any atom is 0.0991 e. The largest absolute Gasteiger partial charge is 0.192 e. The molecule has 16 heavy (non-hydrogen) atoms. The summed E-state index contributed by atoms with van der Waals surface area (Å²) in [5.74, 6) is 1.62. The quantitative estimate of drug-likeness (QED) is 0.687. The topological polar surface area (TPSA) is 23.8 Å². The van der Waals surface area contributed by atoms with Gasteiger partial charge in [-0.1, -0.05) is 25.8 Å². The number of hydrogen-bond acceptors (Lipinski definition) is 1. The van der Waals surface area contributed by atoms with Crippen LogP contribution >= 0.6 is 0 Å². The number of hydrogen-bond donors (Lipinski definition) is 0. The molecule has 1 fully saturated rings. The van der Waals surface area contributed by atoms with Crippen molar-refractivity contribution in [2.75, 3.05) is 0 Å². The van der Waals surface area contributed by atoms with Crippen LogP contribution in [0, 0.1) is 24.2 Å². The van der Waals surface area contributed by atoms with Crippen LogP contribution in [0.25, 0.3) is 0 Å². The smallest absolute Gasteiger partial charge is 0.0991 e. The Labute approximate surface area is 98.1 Å². The number of nitriles is 1. The average Bonchev–Trinajstić information content (AvgIpc) is 2.30. The molecule has 1 aliphatic rings. The second-order valence-electron chi connectivity index (χ2n) is 5.14. The third-order valence-electron chi connectivity index (χ3n) is 3.85. The van der Waals surface area contributed by atoms with Gasteiger partial charge >= 0.3 is 0 Å². The van der Waals surface area contributed by atoms with Crippen molar-refractivity contribution < 1.29 is 0 Å². The van der Waals surface area contributed by atoms with E-state index >= 15 is 0 Å². The molecular weight excluding hydrogens is 194 g/mol. The van der Waals surface area contributed by atoms with Gasteiger partial charge in [0.25, 0.3) is 0 Å². The van der Waals surface area contributed by atoms with Crippen LogP contribution in [0.1, 0.15) is 55.2 Å². The molecule has 1 saturated carbocycles. The molecule has 2 rings (SSSR count). The van der Waals surface area contributed by atoms with Crippen molar-refractivity contribution in [2.45, 2.75) is 45.4 Å². The predicted molar refractivity (Wildman–Crippen MR) is 66.3 cm³/mol. The highest BCUT2D eigenvalue weighted by Crippen LogP contribution is 2.36. The van der Waals surface area contributed by atoms with E-state index in [1.54, 1.807) is 0 Å². The normalized spacial score (nSPS) is 25.1. The van der Waals surface area contributed by atoms with E-state index in [4.69, 9.17) is 5.26 Å². The minimum atomic E-state index is 0.726. The molecule has 0 radical (unpaired) electrons. The average molecular weight is 213 g/mol. The van der Waals surface area contributed by atoms with Crippen molar-refractivity contribution in [3.05, 3.63) is 34.9 Å². The van der Waals surface area contributed by atoms with Crippen molar-refractivity contribution in [3.63, 3.8) is 0 Å². The molecule has 0 saturated heterocycles. The fraction of sp³-hybridized carbons (Fsp3) is 0.533. The van der Waals surface area contributed by atoms with E-state index in [1.807, 2.05) is 12.1 Å². The van der Waals surface area contributed by atoms with Gasteiger partial charge in [0.1, 0.15) is 0 Å². The van der Waals surface area contributed by atoms with E-state index in [0.29, 0.717) is 0 Å². The molecule has 0 aromatic heterocycles. The first-order chi connectivity index (χ1) is 7.70. The zero-order chi connectivity index (χ0) is 11.5. The molecule has 0 amide bonds. The Balaban J connectivity index is 2.18. The lowest BCUT2D eigenvalue weighted by Crippen LogP contribution is -2.11. The molecule has 0 heterocycles. The standard InChI is InChI=1S/C15H19N/c1-11-3-6-14(7-4-11)15-8-5-13(10-16)9-12(15)2/h5,8-9,11,14H,3-4,6-7H2,1-2H3. The zero-order valence-electron chi connectivity index (χ0n) is 10.2. The molecule has 0 N–H and O–H groups in total. The first-order valence-corrected chi connectivity index (χ1v) is 6.21. The highest BCUT2D eigenvalue weighted by atomic mass is 14.3. The highest BCUT2D eigenvalue weighted by Gasteiger charge is 2.20. The molecule has 0 unspecified atom stereocenters. The summed E-state index contributed by atoms with van der Waals surface area (Å²) in [7, 11) is 0. The number of rotatable bonds is 1. The summed E-state index contributed by atoms with van der Waals surface area (Å²) in [5.41, 5.74) is 3.54. The molecule has 1 aromatic rings. The van der Waals surface area contributed by atoms with E-state index in [9.17, 15) is 0 Å². The highest BCUT2D eigenvalue weighted by molar-refractivity contribution is 5.39. The summed E-state index contributed by atoms with van der Waals surface area (Å²) in [4.78, 5) is 0. The summed E-state index contributed by atoms with van der Waals surface area (Å²) >= 11 is 0. The third-order valence-corrected chi connectivity index (χ3v) is 3.85. The molecule has 1 aliphatic carbocycles. The SMILES string of the molecule is Cc1cc(C#N)ccc1C1CCC(C)CC1. The minimum absolute atomic E-state index is 0.726. The second-order valence-corrected chi connectivity index (χ2v) is 5.14. The van der Waals surface area contributed by atoms with E-state index in [-0.39, 0.29) is 0 Å². The van der Waals surface area contributed by atoms with Gasteiger partial charge in [0.2, 0.25) is 0 Å². The van der Waals surface area contributed by atoms with Gasteiger partial charge in [0.15, 0.2) is 0 Å². The van der Waals surface area contributed by atoms with E-state index in [0.717, 1.165) is 17.4 Å². The number of aryl methyl sites for hydroxylation is 1. The lowest BCUT2D eigenvalue weighted by Gasteiger charge is -2.27. The van der Waals surface area contributed by atoms with E-state index in [2.05, 4.69) is 26.0 Å². The number of benzene rings is 1. The zero-order valence-corrected chi connectivity index (χ0v) is 10.2. The summed E-state index contributed by atoms with van der Waals surface area (Å²) in [6.07, 6.45) is 5.33. The third kappa shape index (κ3) is 2.27. The van der Waals surface area contributed by atoms with Crippen LogP contribution in [0.15, 0.2) is 18.2 Å². The van der Waals surface area contributed by atoms with Gasteiger partial charge < -0.3 is 0 Å². The van der Waals surface area contributed by atoms with Crippen molar-refractivity contribution in [1.29, 1.82) is 5.26 Å². The molecule has 0 atom stereocenters. The summed E-state index contributed by atoms with van der Waals surface area (Å²) < 4.78 is 0. The number of nitrogens with zero attached hydrogens (tertiary/aromatic N) is 1. The van der Waals surface area contributed by atoms with Gasteiger partial charge in [0.05, 0.1) is 11.6 Å². The maximum absolute atomic E-state index is 8.85. The maximum atomic E-state index is 8.85. The molecule has 0 aliphatic heterocycles. The van der Waals surface area contributed by atoms with Gasteiger partial charge in [-0.3, -0.25) is 0 Å². The van der Waals surface area contributed by atoms with Gasteiger partial charge in [0, 0.05) is 0 Å². The first-order valence-electron chi connectivity index (χ1n) is 6.21. The van der Waals surface area contributed by atoms with E-state index < -0.39 is 0 Å². The lowest BCUT2D eigenvalue weighted by molar-refractivity contribution is 0.347. The molecule has 1 aromatic carbocycles. The van der Waals surface area contributed by atoms with Gasteiger partial charge in [-0.05, 0) is 54.9 Å². The monoisotopic (exact) mass is 213 g/mol. The van der Waals surface area contributed by atoms with Crippen molar-refractivity contribution in [2.24, 2.45) is 5.92 Å². The Hall–Kier alpha value is -1.29. The summed E-state index contributed by atoms with van der Waals surface area (Å²) in [6.45, 7) is 4.48. The first kappa shape index (κ1) is 11.2. The molecule has 84 valence electrons.